The lowest BCUT2D eigenvalue weighted by atomic mass is 9.82. The van der Waals surface area contributed by atoms with Crippen LogP contribution in [0.15, 0.2) is 18.2 Å². The number of terminal acetylenes is 1. The van der Waals surface area contributed by atoms with Crippen LogP contribution in [0.5, 0.6) is 5.75 Å². The van der Waals surface area contributed by atoms with Crippen molar-refractivity contribution >= 4 is 5.91 Å². The number of ether oxygens (including phenoxy) is 1. The quantitative estimate of drug-likeness (QED) is 0.838. The SMILES string of the molecule is C#CCN1CCC(C(=O)NC[C@H]2CCCc3cc(OC)ccc32)CC1. The average molecular weight is 340 g/mol. The van der Waals surface area contributed by atoms with Crippen LogP contribution in [-0.4, -0.2) is 44.1 Å². The Kier molecular flexibility index (Phi) is 5.99. The van der Waals surface area contributed by atoms with E-state index in [2.05, 4.69) is 28.3 Å². The number of hydrogen-bond donors (Lipinski definition) is 1. The van der Waals surface area contributed by atoms with E-state index in [1.165, 1.54) is 17.5 Å². The molecule has 1 aromatic rings. The Morgan fingerprint density at radius 2 is 2.16 bits per heavy atom. The maximum Gasteiger partial charge on any atom is 0.223 e. The van der Waals surface area contributed by atoms with Crippen molar-refractivity contribution in [3.8, 4) is 18.1 Å². The molecule has 1 aliphatic heterocycles. The van der Waals surface area contributed by atoms with E-state index in [0.29, 0.717) is 12.5 Å². The molecule has 0 bridgehead atoms. The molecule has 1 amide bonds. The molecule has 134 valence electrons. The molecule has 1 aromatic carbocycles. The number of rotatable bonds is 5. The van der Waals surface area contributed by atoms with E-state index in [0.717, 1.165) is 51.1 Å². The Morgan fingerprint density at radius 3 is 2.88 bits per heavy atom. The smallest absolute Gasteiger partial charge is 0.223 e. The fourth-order valence-corrected chi connectivity index (χ4v) is 4.08. The summed E-state index contributed by atoms with van der Waals surface area (Å²) in [5.74, 6) is 4.36. The molecule has 25 heavy (non-hydrogen) atoms. The number of carbonyl (C=O) groups excluding carboxylic acids is 1. The van der Waals surface area contributed by atoms with Crippen molar-refractivity contribution in [1.82, 2.24) is 10.2 Å². The topological polar surface area (TPSA) is 41.6 Å². The summed E-state index contributed by atoms with van der Waals surface area (Å²) in [7, 11) is 1.71. The molecule has 1 atom stereocenters. The second-order valence-corrected chi connectivity index (χ2v) is 7.15. The van der Waals surface area contributed by atoms with Gasteiger partial charge in [-0.2, -0.15) is 0 Å². The first-order chi connectivity index (χ1) is 12.2. The molecule has 0 saturated carbocycles. The van der Waals surface area contributed by atoms with Gasteiger partial charge in [0.2, 0.25) is 5.91 Å². The van der Waals surface area contributed by atoms with Crippen LogP contribution in [0.1, 0.15) is 42.7 Å². The summed E-state index contributed by atoms with van der Waals surface area (Å²) in [6, 6.07) is 6.34. The van der Waals surface area contributed by atoms with Crippen LogP contribution >= 0.6 is 0 Å². The van der Waals surface area contributed by atoms with Gasteiger partial charge in [0.1, 0.15) is 5.75 Å². The highest BCUT2D eigenvalue weighted by atomic mass is 16.5. The van der Waals surface area contributed by atoms with Crippen LogP contribution in [0.2, 0.25) is 0 Å². The number of carbonyl (C=O) groups is 1. The highest BCUT2D eigenvalue weighted by Gasteiger charge is 2.26. The fraction of sp³-hybridized carbons (Fsp3) is 0.571. The molecule has 1 aliphatic carbocycles. The van der Waals surface area contributed by atoms with Crippen LogP contribution in [-0.2, 0) is 11.2 Å². The second kappa shape index (κ2) is 8.40. The predicted octanol–water partition coefficient (Wildman–Crippen LogP) is 2.58. The monoisotopic (exact) mass is 340 g/mol. The summed E-state index contributed by atoms with van der Waals surface area (Å²) in [5.41, 5.74) is 2.74. The number of likely N-dealkylation sites (tertiary alicyclic amines) is 1. The zero-order valence-electron chi connectivity index (χ0n) is 15.1. The number of fused-ring (bicyclic) bond motifs is 1. The van der Waals surface area contributed by atoms with Crippen molar-refractivity contribution in [3.05, 3.63) is 29.3 Å². The van der Waals surface area contributed by atoms with Crippen LogP contribution < -0.4 is 10.1 Å². The Morgan fingerprint density at radius 1 is 1.36 bits per heavy atom. The summed E-state index contributed by atoms with van der Waals surface area (Å²) >= 11 is 0. The van der Waals surface area contributed by atoms with Crippen molar-refractivity contribution in [2.45, 2.75) is 38.0 Å². The van der Waals surface area contributed by atoms with E-state index in [1.807, 2.05) is 6.07 Å². The van der Waals surface area contributed by atoms with Crippen molar-refractivity contribution in [3.63, 3.8) is 0 Å². The van der Waals surface area contributed by atoms with Crippen molar-refractivity contribution in [2.75, 3.05) is 33.3 Å². The molecule has 0 unspecified atom stereocenters. The first-order valence-corrected chi connectivity index (χ1v) is 9.31. The van der Waals surface area contributed by atoms with Gasteiger partial charge in [0, 0.05) is 18.4 Å². The zero-order chi connectivity index (χ0) is 17.6. The zero-order valence-corrected chi connectivity index (χ0v) is 15.1. The molecule has 3 rings (SSSR count). The molecule has 0 spiro atoms. The third-order valence-corrected chi connectivity index (χ3v) is 5.58. The predicted molar refractivity (Wildman–Crippen MR) is 99.7 cm³/mol. The molecule has 1 N–H and O–H groups in total. The summed E-state index contributed by atoms with van der Waals surface area (Å²) in [4.78, 5) is 14.8. The Labute approximate surface area is 150 Å². The molecule has 4 heteroatoms. The van der Waals surface area contributed by atoms with Gasteiger partial charge < -0.3 is 10.1 Å². The molecule has 1 fully saturated rings. The number of hydrogen-bond acceptors (Lipinski definition) is 3. The number of methoxy groups -OCH3 is 1. The van der Waals surface area contributed by atoms with Gasteiger partial charge >= 0.3 is 0 Å². The van der Waals surface area contributed by atoms with Crippen molar-refractivity contribution in [1.29, 1.82) is 0 Å². The van der Waals surface area contributed by atoms with Gasteiger partial charge in [0.05, 0.1) is 13.7 Å². The average Bonchev–Trinajstić information content (AvgIpc) is 2.66. The minimum Gasteiger partial charge on any atom is -0.497 e. The van der Waals surface area contributed by atoms with E-state index in [-0.39, 0.29) is 11.8 Å². The Hall–Kier alpha value is -1.99. The summed E-state index contributed by atoms with van der Waals surface area (Å²) < 4.78 is 5.33. The van der Waals surface area contributed by atoms with Gasteiger partial charge in [0.15, 0.2) is 0 Å². The van der Waals surface area contributed by atoms with Gasteiger partial charge in [-0.15, -0.1) is 6.42 Å². The molecular formula is C21H28N2O2. The first-order valence-electron chi connectivity index (χ1n) is 9.31. The summed E-state index contributed by atoms with van der Waals surface area (Å²) in [6.07, 6.45) is 10.6. The van der Waals surface area contributed by atoms with E-state index in [1.54, 1.807) is 7.11 Å². The lowest BCUT2D eigenvalue weighted by Crippen LogP contribution is -2.41. The first kappa shape index (κ1) is 17.8. The molecule has 0 aromatic heterocycles. The maximum absolute atomic E-state index is 12.5. The molecule has 1 heterocycles. The van der Waals surface area contributed by atoms with E-state index < -0.39 is 0 Å². The van der Waals surface area contributed by atoms with Crippen LogP contribution in [0.4, 0.5) is 0 Å². The van der Waals surface area contributed by atoms with Crippen molar-refractivity contribution < 1.29 is 9.53 Å². The number of aryl methyl sites for hydroxylation is 1. The Balaban J connectivity index is 1.53. The van der Waals surface area contributed by atoms with E-state index in [4.69, 9.17) is 11.2 Å². The van der Waals surface area contributed by atoms with Gasteiger partial charge in [-0.25, -0.2) is 0 Å². The lowest BCUT2D eigenvalue weighted by Gasteiger charge is -2.31. The van der Waals surface area contributed by atoms with Gasteiger partial charge in [0.25, 0.3) is 0 Å². The lowest BCUT2D eigenvalue weighted by molar-refractivity contribution is -0.126. The minimum atomic E-state index is 0.132. The van der Waals surface area contributed by atoms with Gasteiger partial charge in [-0.1, -0.05) is 12.0 Å². The van der Waals surface area contributed by atoms with E-state index >= 15 is 0 Å². The number of benzene rings is 1. The van der Waals surface area contributed by atoms with E-state index in [9.17, 15) is 4.79 Å². The standard InChI is InChI=1S/C21H28N2O2/c1-3-11-23-12-9-16(10-13-23)21(24)22-15-18-6-4-5-17-14-19(25-2)7-8-20(17)18/h1,7-8,14,16,18H,4-6,9-13,15H2,2H3,(H,22,24)/t18-/m1/s1. The number of piperidine rings is 1. The molecule has 1 saturated heterocycles. The molecular weight excluding hydrogens is 312 g/mol. The maximum atomic E-state index is 12.5. The number of nitrogens with zero attached hydrogens (tertiary/aromatic N) is 1. The summed E-state index contributed by atoms with van der Waals surface area (Å²) in [6.45, 7) is 3.28. The summed E-state index contributed by atoms with van der Waals surface area (Å²) in [5, 5.41) is 3.21. The van der Waals surface area contributed by atoms with Crippen molar-refractivity contribution in [2.24, 2.45) is 5.92 Å². The number of nitrogens with one attached hydrogen (secondary N) is 1. The fourth-order valence-electron chi connectivity index (χ4n) is 4.08. The van der Waals surface area contributed by atoms with Crippen LogP contribution in [0.25, 0.3) is 0 Å². The molecule has 2 aliphatic rings. The molecule has 0 radical (unpaired) electrons. The number of amides is 1. The van der Waals surface area contributed by atoms with Crippen LogP contribution in [0.3, 0.4) is 0 Å². The van der Waals surface area contributed by atoms with Gasteiger partial charge in [-0.05, 0) is 68.5 Å². The highest BCUT2D eigenvalue weighted by molar-refractivity contribution is 5.78. The second-order valence-electron chi connectivity index (χ2n) is 7.15. The normalized spacial score (nSPS) is 21.2. The highest BCUT2D eigenvalue weighted by Crippen LogP contribution is 2.33. The molecule has 4 nitrogen and oxygen atoms in total. The Bertz CT molecular complexity index is 642. The van der Waals surface area contributed by atoms with Gasteiger partial charge in [-0.3, -0.25) is 9.69 Å². The third-order valence-electron chi connectivity index (χ3n) is 5.58. The third kappa shape index (κ3) is 4.35. The van der Waals surface area contributed by atoms with Crippen LogP contribution in [0, 0.1) is 18.3 Å². The minimum absolute atomic E-state index is 0.132. The largest absolute Gasteiger partial charge is 0.497 e.